The van der Waals surface area contributed by atoms with Crippen molar-refractivity contribution >= 4 is 26.9 Å². The van der Waals surface area contributed by atoms with Crippen LogP contribution in [-0.4, -0.2) is 74.5 Å². The number of anilines is 1. The van der Waals surface area contributed by atoms with Gasteiger partial charge in [0, 0.05) is 44.7 Å². The predicted molar refractivity (Wildman–Crippen MR) is 111 cm³/mol. The van der Waals surface area contributed by atoms with Crippen LogP contribution in [0.1, 0.15) is 16.7 Å². The minimum Gasteiger partial charge on any atom is -0.379 e. The second kappa shape index (κ2) is 7.59. The number of aryl methyl sites for hydroxylation is 3. The van der Waals surface area contributed by atoms with Gasteiger partial charge >= 0.3 is 0 Å². The van der Waals surface area contributed by atoms with Gasteiger partial charge in [0.15, 0.2) is 0 Å². The molecule has 3 heterocycles. The second-order valence-electron chi connectivity index (χ2n) is 7.61. The molecule has 2 aromatic rings. The van der Waals surface area contributed by atoms with Crippen LogP contribution >= 0.6 is 0 Å². The number of benzene rings is 1. The van der Waals surface area contributed by atoms with Crippen LogP contribution in [0, 0.1) is 20.8 Å². The number of pyridine rings is 1. The van der Waals surface area contributed by atoms with Crippen molar-refractivity contribution in [2.24, 2.45) is 0 Å². The predicted octanol–water partition coefficient (Wildman–Crippen LogP) is 1.86. The first kappa shape index (κ1) is 19.6. The van der Waals surface area contributed by atoms with Crippen LogP contribution in [0.3, 0.4) is 0 Å². The number of fused-ring (bicyclic) bond motifs is 1. The zero-order valence-electron chi connectivity index (χ0n) is 16.8. The molecule has 1 aromatic heterocycles. The van der Waals surface area contributed by atoms with E-state index in [1.165, 1.54) is 26.4 Å². The third-order valence-electron chi connectivity index (χ3n) is 5.88. The molecule has 2 aliphatic rings. The fourth-order valence-corrected chi connectivity index (χ4v) is 5.49. The van der Waals surface area contributed by atoms with Crippen LogP contribution in [0.5, 0.6) is 0 Å². The maximum absolute atomic E-state index is 12.9. The van der Waals surface area contributed by atoms with E-state index < -0.39 is 10.2 Å². The maximum Gasteiger partial charge on any atom is 0.282 e. The molecular formula is C20H28N4O3S. The number of aromatic nitrogens is 1. The summed E-state index contributed by atoms with van der Waals surface area (Å²) in [5.74, 6) is 0.933. The Morgan fingerprint density at radius 3 is 2.21 bits per heavy atom. The van der Waals surface area contributed by atoms with Crippen LogP contribution in [0.25, 0.3) is 10.9 Å². The minimum absolute atomic E-state index is 0.437. The Labute approximate surface area is 167 Å². The monoisotopic (exact) mass is 404 g/mol. The summed E-state index contributed by atoms with van der Waals surface area (Å²) in [5.41, 5.74) is 4.68. The SMILES string of the molecule is Cc1ccc2c(C)cc(N3CCN(S(=O)(=O)N4CCOCC4)CC3)nc2c1C. The molecule has 0 radical (unpaired) electrons. The van der Waals surface area contributed by atoms with E-state index in [2.05, 4.69) is 43.9 Å². The lowest BCUT2D eigenvalue weighted by atomic mass is 10.0. The average molecular weight is 405 g/mol. The first-order valence-corrected chi connectivity index (χ1v) is 11.2. The summed E-state index contributed by atoms with van der Waals surface area (Å²) in [6.45, 7) is 10.4. The van der Waals surface area contributed by atoms with E-state index in [1.807, 2.05) is 0 Å². The van der Waals surface area contributed by atoms with Gasteiger partial charge in [-0.3, -0.25) is 0 Å². The van der Waals surface area contributed by atoms with Crippen LogP contribution in [0.15, 0.2) is 18.2 Å². The summed E-state index contributed by atoms with van der Waals surface area (Å²) in [4.78, 5) is 7.12. The lowest BCUT2D eigenvalue weighted by Gasteiger charge is -2.38. The molecule has 8 heteroatoms. The minimum atomic E-state index is -3.41. The first-order valence-electron chi connectivity index (χ1n) is 9.83. The van der Waals surface area contributed by atoms with Gasteiger partial charge in [-0.25, -0.2) is 4.98 Å². The molecule has 0 bridgehead atoms. The number of morpholine rings is 1. The summed E-state index contributed by atoms with van der Waals surface area (Å²) in [7, 11) is -3.41. The number of ether oxygens (including phenoxy) is 1. The molecule has 7 nitrogen and oxygen atoms in total. The number of hydrogen-bond acceptors (Lipinski definition) is 5. The van der Waals surface area contributed by atoms with Gasteiger partial charge in [0.25, 0.3) is 10.2 Å². The van der Waals surface area contributed by atoms with Gasteiger partial charge in [0.2, 0.25) is 0 Å². The number of nitrogens with zero attached hydrogens (tertiary/aromatic N) is 4. The highest BCUT2D eigenvalue weighted by Gasteiger charge is 2.33. The van der Waals surface area contributed by atoms with E-state index in [0.717, 1.165) is 11.3 Å². The van der Waals surface area contributed by atoms with Crippen molar-refractivity contribution in [3.8, 4) is 0 Å². The highest BCUT2D eigenvalue weighted by Crippen LogP contribution is 2.27. The third kappa shape index (κ3) is 3.50. The van der Waals surface area contributed by atoms with E-state index in [1.54, 1.807) is 4.31 Å². The van der Waals surface area contributed by atoms with Crippen LogP contribution < -0.4 is 4.90 Å². The van der Waals surface area contributed by atoms with Crippen LogP contribution in [0.4, 0.5) is 5.82 Å². The Kier molecular flexibility index (Phi) is 5.30. The molecule has 0 amide bonds. The van der Waals surface area contributed by atoms with Crippen LogP contribution in [0.2, 0.25) is 0 Å². The van der Waals surface area contributed by atoms with Gasteiger partial charge in [0.1, 0.15) is 5.82 Å². The number of hydrogen-bond donors (Lipinski definition) is 0. The molecule has 0 saturated carbocycles. The van der Waals surface area contributed by atoms with Crippen molar-refractivity contribution in [1.82, 2.24) is 13.6 Å². The molecule has 0 atom stereocenters. The summed E-state index contributed by atoms with van der Waals surface area (Å²) in [6.07, 6.45) is 0. The van der Waals surface area contributed by atoms with E-state index in [0.29, 0.717) is 52.5 Å². The van der Waals surface area contributed by atoms with Crippen molar-refractivity contribution < 1.29 is 13.2 Å². The molecular weight excluding hydrogens is 376 g/mol. The summed E-state index contributed by atoms with van der Waals surface area (Å²) < 4.78 is 34.1. The second-order valence-corrected chi connectivity index (χ2v) is 9.53. The molecule has 28 heavy (non-hydrogen) atoms. The van der Waals surface area contributed by atoms with Gasteiger partial charge in [0.05, 0.1) is 18.7 Å². The fourth-order valence-electron chi connectivity index (χ4n) is 3.93. The Hall–Kier alpha value is -1.74. The van der Waals surface area contributed by atoms with Gasteiger partial charge < -0.3 is 9.64 Å². The Bertz CT molecular complexity index is 979. The number of piperazine rings is 1. The number of rotatable bonds is 3. The van der Waals surface area contributed by atoms with Gasteiger partial charge in [-0.15, -0.1) is 0 Å². The summed E-state index contributed by atoms with van der Waals surface area (Å²) in [5, 5.41) is 1.18. The highest BCUT2D eigenvalue weighted by atomic mass is 32.2. The normalized spacial score (nSPS) is 20.0. The van der Waals surface area contributed by atoms with Crippen molar-refractivity contribution in [2.75, 3.05) is 57.4 Å². The molecule has 2 fully saturated rings. The molecule has 152 valence electrons. The molecule has 2 aliphatic heterocycles. The third-order valence-corrected chi connectivity index (χ3v) is 7.92. The van der Waals surface area contributed by atoms with E-state index in [4.69, 9.17) is 9.72 Å². The lowest BCUT2D eigenvalue weighted by Crippen LogP contribution is -2.55. The largest absolute Gasteiger partial charge is 0.379 e. The summed E-state index contributed by atoms with van der Waals surface area (Å²) >= 11 is 0. The first-order chi connectivity index (χ1) is 13.4. The van der Waals surface area contributed by atoms with E-state index in [-0.39, 0.29) is 0 Å². The molecule has 1 aromatic carbocycles. The van der Waals surface area contributed by atoms with Crippen LogP contribution in [-0.2, 0) is 14.9 Å². The standard InChI is InChI=1S/C20H28N4O3S/c1-15-4-5-18-16(2)14-19(21-20(18)17(15)3)22-6-8-23(9-7-22)28(25,26)24-10-12-27-13-11-24/h4-5,14H,6-13H2,1-3H3. The topological polar surface area (TPSA) is 66.0 Å². The van der Waals surface area contributed by atoms with Gasteiger partial charge in [-0.1, -0.05) is 12.1 Å². The maximum atomic E-state index is 12.9. The lowest BCUT2D eigenvalue weighted by molar-refractivity contribution is 0.0700. The zero-order chi connectivity index (χ0) is 19.9. The Morgan fingerprint density at radius 2 is 1.54 bits per heavy atom. The van der Waals surface area contributed by atoms with E-state index in [9.17, 15) is 8.42 Å². The molecule has 0 N–H and O–H groups in total. The fraction of sp³-hybridized carbons (Fsp3) is 0.550. The van der Waals surface area contributed by atoms with E-state index >= 15 is 0 Å². The summed E-state index contributed by atoms with van der Waals surface area (Å²) in [6, 6.07) is 6.39. The average Bonchev–Trinajstić information content (AvgIpc) is 2.71. The van der Waals surface area contributed by atoms with Gasteiger partial charge in [-0.05, 0) is 43.5 Å². The molecule has 2 saturated heterocycles. The molecule has 4 rings (SSSR count). The Morgan fingerprint density at radius 1 is 0.893 bits per heavy atom. The van der Waals surface area contributed by atoms with Crippen molar-refractivity contribution in [2.45, 2.75) is 20.8 Å². The molecule has 0 unspecified atom stereocenters. The Balaban J connectivity index is 1.53. The quantitative estimate of drug-likeness (QED) is 0.781. The zero-order valence-corrected chi connectivity index (χ0v) is 17.6. The van der Waals surface area contributed by atoms with Crippen molar-refractivity contribution in [3.05, 3.63) is 34.9 Å². The van der Waals surface area contributed by atoms with Crippen molar-refractivity contribution in [3.63, 3.8) is 0 Å². The van der Waals surface area contributed by atoms with Crippen molar-refractivity contribution in [1.29, 1.82) is 0 Å². The molecule has 0 spiro atoms. The van der Waals surface area contributed by atoms with Gasteiger partial charge in [-0.2, -0.15) is 17.0 Å². The highest BCUT2D eigenvalue weighted by molar-refractivity contribution is 7.86. The molecule has 0 aliphatic carbocycles. The smallest absolute Gasteiger partial charge is 0.282 e.